The van der Waals surface area contributed by atoms with Gasteiger partial charge in [-0.25, -0.2) is 5.43 Å². The highest BCUT2D eigenvalue weighted by Gasteiger charge is 2.70. The second kappa shape index (κ2) is 11.6. The highest BCUT2D eigenvalue weighted by Crippen LogP contribution is 2.77. The lowest BCUT2D eigenvalue weighted by atomic mass is 9.32. The van der Waals surface area contributed by atoms with E-state index in [1.54, 1.807) is 0 Å². The maximum atomic E-state index is 4.96. The molecule has 4 heteroatoms. The summed E-state index contributed by atoms with van der Waals surface area (Å²) in [5.41, 5.74) is 12.6. The summed E-state index contributed by atoms with van der Waals surface area (Å²) in [4.78, 5) is 0. The van der Waals surface area contributed by atoms with Crippen LogP contribution in [0.2, 0.25) is 0 Å². The number of anilines is 1. The van der Waals surface area contributed by atoms with Crippen molar-refractivity contribution in [1.82, 2.24) is 5.43 Å². The lowest BCUT2D eigenvalue weighted by molar-refractivity contribution is -0.238. The van der Waals surface area contributed by atoms with Crippen molar-refractivity contribution in [2.24, 2.45) is 66.9 Å². The van der Waals surface area contributed by atoms with E-state index in [4.69, 9.17) is 10.2 Å². The fourth-order valence-corrected chi connectivity index (χ4v) is 13.3. The Morgan fingerprint density at radius 3 is 2.20 bits per heavy atom. The average molecular weight is 621 g/mol. The molecule has 4 unspecified atom stereocenters. The predicted molar refractivity (Wildman–Crippen MR) is 192 cm³/mol. The lowest BCUT2D eigenvalue weighted by Crippen LogP contribution is -2.67. The standard InChI is InChI=1S/C42H60N4/c1-29(2)32-20-25-42(28-43-44-30-14-10-8-11-15-30)27-26-40(6)33(37(32)42)18-19-35-39(5)23-22-36(46-45-31-16-12-9-13-17-31)38(3,4)34(39)21-24-41(35,40)7/h8-17,32-37,45-46H,1,18-28H2,2-7H3/t32?,33-,34+,35-,36?,37?,39+,40-,41-,42?/m1/s1. The van der Waals surface area contributed by atoms with Gasteiger partial charge in [0.15, 0.2) is 0 Å². The molecule has 0 aromatic heterocycles. The van der Waals surface area contributed by atoms with Crippen LogP contribution in [0.5, 0.6) is 0 Å². The summed E-state index contributed by atoms with van der Waals surface area (Å²) in [6.07, 6.45) is 13.3. The normalized spacial score (nSPS) is 42.8. The van der Waals surface area contributed by atoms with Gasteiger partial charge in [0.05, 0.1) is 12.2 Å². The third-order valence-electron chi connectivity index (χ3n) is 15.8. The molecule has 0 heterocycles. The van der Waals surface area contributed by atoms with Gasteiger partial charge in [0.2, 0.25) is 0 Å². The molecule has 2 aromatic carbocycles. The molecule has 0 spiro atoms. The van der Waals surface area contributed by atoms with Crippen LogP contribution in [0, 0.1) is 56.7 Å². The number of azo groups is 1. The van der Waals surface area contributed by atoms with Crippen molar-refractivity contribution in [2.75, 3.05) is 12.0 Å². The Morgan fingerprint density at radius 1 is 0.761 bits per heavy atom. The molecule has 46 heavy (non-hydrogen) atoms. The minimum atomic E-state index is 0.232. The topological polar surface area (TPSA) is 48.8 Å². The average Bonchev–Trinajstić information content (AvgIpc) is 3.42. The molecule has 5 aliphatic rings. The first-order chi connectivity index (χ1) is 21.9. The molecule has 2 aromatic rings. The summed E-state index contributed by atoms with van der Waals surface area (Å²) >= 11 is 0. The fourth-order valence-electron chi connectivity index (χ4n) is 13.3. The highest BCUT2D eigenvalue weighted by atomic mass is 15.4. The van der Waals surface area contributed by atoms with E-state index in [0.29, 0.717) is 34.1 Å². The number of hydrogen-bond donors (Lipinski definition) is 2. The maximum absolute atomic E-state index is 4.96. The number of nitrogens with zero attached hydrogens (tertiary/aromatic N) is 2. The number of para-hydroxylation sites is 1. The summed E-state index contributed by atoms with van der Waals surface area (Å²) in [5, 5.41) is 9.68. The van der Waals surface area contributed by atoms with Gasteiger partial charge in [0.1, 0.15) is 0 Å². The number of hydrogen-bond acceptors (Lipinski definition) is 4. The van der Waals surface area contributed by atoms with E-state index in [9.17, 15) is 0 Å². The van der Waals surface area contributed by atoms with E-state index in [-0.39, 0.29) is 10.8 Å². The molecule has 4 nitrogen and oxygen atoms in total. The van der Waals surface area contributed by atoms with Crippen LogP contribution in [0.3, 0.4) is 0 Å². The molecule has 0 bridgehead atoms. The van der Waals surface area contributed by atoms with Crippen molar-refractivity contribution in [3.8, 4) is 0 Å². The first-order valence-corrected chi connectivity index (χ1v) is 18.6. The highest BCUT2D eigenvalue weighted by molar-refractivity contribution is 5.41. The Hall–Kier alpha value is -2.46. The van der Waals surface area contributed by atoms with Gasteiger partial charge in [0, 0.05) is 11.7 Å². The van der Waals surface area contributed by atoms with Gasteiger partial charge in [-0.15, -0.1) is 0 Å². The van der Waals surface area contributed by atoms with E-state index in [1.807, 2.05) is 0 Å². The third kappa shape index (κ3) is 4.86. The summed E-state index contributed by atoms with van der Waals surface area (Å²) in [5.74, 6) is 3.58. The second-order valence-corrected chi connectivity index (χ2v) is 17.8. The Bertz CT molecular complexity index is 1430. The molecule has 7 rings (SSSR count). The van der Waals surface area contributed by atoms with Gasteiger partial charge in [-0.1, -0.05) is 83.2 Å². The van der Waals surface area contributed by atoms with Crippen LogP contribution in [0.25, 0.3) is 0 Å². The largest absolute Gasteiger partial charge is 0.321 e. The molecule has 5 saturated carbocycles. The molecule has 2 N–H and O–H groups in total. The van der Waals surface area contributed by atoms with E-state index in [2.05, 4.69) is 120 Å². The molecular formula is C42H60N4. The molecule has 0 aliphatic heterocycles. The monoisotopic (exact) mass is 620 g/mol. The number of nitrogens with one attached hydrogen (secondary N) is 2. The van der Waals surface area contributed by atoms with Crippen LogP contribution >= 0.6 is 0 Å². The van der Waals surface area contributed by atoms with Crippen LogP contribution in [0.4, 0.5) is 11.4 Å². The number of hydrazine groups is 1. The number of fused-ring (bicyclic) bond motifs is 7. The smallest absolute Gasteiger partial charge is 0.0852 e. The zero-order valence-corrected chi connectivity index (χ0v) is 29.6. The predicted octanol–water partition coefficient (Wildman–Crippen LogP) is 11.4. The van der Waals surface area contributed by atoms with Gasteiger partial charge >= 0.3 is 0 Å². The summed E-state index contributed by atoms with van der Waals surface area (Å²) in [7, 11) is 0. The quantitative estimate of drug-likeness (QED) is 0.184. The molecule has 5 fully saturated rings. The number of allylic oxidation sites excluding steroid dienone is 1. The van der Waals surface area contributed by atoms with E-state index in [0.717, 1.165) is 35.7 Å². The van der Waals surface area contributed by atoms with Crippen LogP contribution in [-0.2, 0) is 0 Å². The molecule has 0 saturated heterocycles. The summed E-state index contributed by atoms with van der Waals surface area (Å²) in [6.45, 7) is 21.2. The first kappa shape index (κ1) is 32.1. The van der Waals surface area contributed by atoms with Gasteiger partial charge < -0.3 is 5.43 Å². The molecule has 248 valence electrons. The van der Waals surface area contributed by atoms with Crippen LogP contribution < -0.4 is 10.9 Å². The maximum Gasteiger partial charge on any atom is 0.0852 e. The van der Waals surface area contributed by atoms with Gasteiger partial charge in [-0.05, 0) is 152 Å². The molecule has 5 aliphatic carbocycles. The summed E-state index contributed by atoms with van der Waals surface area (Å²) in [6, 6.07) is 21.4. The molecule has 10 atom stereocenters. The van der Waals surface area contributed by atoms with E-state index >= 15 is 0 Å². The van der Waals surface area contributed by atoms with Gasteiger partial charge in [-0.2, -0.15) is 10.2 Å². The summed E-state index contributed by atoms with van der Waals surface area (Å²) < 4.78 is 0. The van der Waals surface area contributed by atoms with Crippen LogP contribution in [-0.4, -0.2) is 12.6 Å². The Labute approximate surface area is 279 Å². The molecular weight excluding hydrogens is 560 g/mol. The van der Waals surface area contributed by atoms with Crippen molar-refractivity contribution < 1.29 is 0 Å². The first-order valence-electron chi connectivity index (χ1n) is 18.6. The zero-order chi connectivity index (χ0) is 32.4. The Morgan fingerprint density at radius 2 is 1.48 bits per heavy atom. The van der Waals surface area contributed by atoms with Crippen LogP contribution in [0.1, 0.15) is 106 Å². The molecule has 0 radical (unpaired) electrons. The Balaban J connectivity index is 1.15. The third-order valence-corrected chi connectivity index (χ3v) is 15.8. The second-order valence-electron chi connectivity index (χ2n) is 17.8. The van der Waals surface area contributed by atoms with Crippen molar-refractivity contribution in [3.05, 3.63) is 72.8 Å². The van der Waals surface area contributed by atoms with Crippen LogP contribution in [0.15, 0.2) is 83.0 Å². The Kier molecular flexibility index (Phi) is 8.10. The number of benzene rings is 2. The lowest BCUT2D eigenvalue weighted by Gasteiger charge is -2.73. The SMILES string of the molecule is C=C(C)C1CCC2(CN=Nc3ccccc3)CC[C@]3(C)[C@H](CC[C@@H]4[C@@]5(C)CCC(NNc6ccccc6)C(C)(C)[C@@H]5CC[C@]43C)C12. The van der Waals surface area contributed by atoms with Crippen molar-refractivity contribution in [1.29, 1.82) is 0 Å². The number of rotatable bonds is 7. The minimum absolute atomic E-state index is 0.232. The van der Waals surface area contributed by atoms with Gasteiger partial charge in [-0.3, -0.25) is 0 Å². The zero-order valence-electron chi connectivity index (χ0n) is 29.6. The minimum Gasteiger partial charge on any atom is -0.321 e. The van der Waals surface area contributed by atoms with Crippen molar-refractivity contribution >= 4 is 11.4 Å². The molecule has 0 amide bonds. The van der Waals surface area contributed by atoms with Gasteiger partial charge in [0.25, 0.3) is 0 Å². The van der Waals surface area contributed by atoms with Crippen molar-refractivity contribution in [2.45, 2.75) is 112 Å². The van der Waals surface area contributed by atoms with E-state index < -0.39 is 0 Å². The van der Waals surface area contributed by atoms with E-state index in [1.165, 1.54) is 69.8 Å². The van der Waals surface area contributed by atoms with Crippen molar-refractivity contribution in [3.63, 3.8) is 0 Å². The fraction of sp³-hybridized carbons (Fsp3) is 0.667.